The van der Waals surface area contributed by atoms with E-state index in [1.807, 2.05) is 0 Å². The lowest BCUT2D eigenvalue weighted by molar-refractivity contribution is 0.316. The minimum Gasteiger partial charge on any atom is -0.0654 e. The van der Waals surface area contributed by atoms with Crippen LogP contribution in [-0.2, 0) is 0 Å². The molecule has 0 heteroatoms. The highest BCUT2D eigenvalue weighted by Crippen LogP contribution is 2.24. The van der Waals surface area contributed by atoms with Gasteiger partial charge in [0.15, 0.2) is 0 Å². The maximum Gasteiger partial charge on any atom is -0.0391 e. The first-order valence-corrected chi connectivity index (χ1v) is 6.05. The lowest BCUT2D eigenvalue weighted by Crippen LogP contribution is -2.09. The normalized spacial score (nSPS) is 15.7. The third-order valence-corrected chi connectivity index (χ3v) is 3.21. The molecule has 2 atom stereocenters. The average molecular weight is 183 g/mol. The Morgan fingerprint density at radius 1 is 1.08 bits per heavy atom. The molecule has 0 spiro atoms. The van der Waals surface area contributed by atoms with Gasteiger partial charge in [-0.1, -0.05) is 72.6 Å². The quantitative estimate of drug-likeness (QED) is 0.472. The van der Waals surface area contributed by atoms with Gasteiger partial charge in [-0.3, -0.25) is 0 Å². The largest absolute Gasteiger partial charge is 0.0654 e. The molecule has 0 aliphatic rings. The second-order valence-electron chi connectivity index (χ2n) is 4.28. The Kier molecular flexibility index (Phi) is 8.59. The molecule has 79 valence electrons. The first-order chi connectivity index (χ1) is 6.26. The second-order valence-corrected chi connectivity index (χ2v) is 4.28. The van der Waals surface area contributed by atoms with E-state index in [1.54, 1.807) is 0 Å². The van der Waals surface area contributed by atoms with Crippen LogP contribution in [0.25, 0.3) is 0 Å². The van der Waals surface area contributed by atoms with Crippen LogP contribution in [-0.4, -0.2) is 0 Å². The molecule has 13 heavy (non-hydrogen) atoms. The Morgan fingerprint density at radius 2 is 1.77 bits per heavy atom. The van der Waals surface area contributed by atoms with Crippen LogP contribution in [0.2, 0.25) is 0 Å². The van der Waals surface area contributed by atoms with E-state index in [0.717, 1.165) is 18.3 Å². The van der Waals surface area contributed by atoms with Crippen molar-refractivity contribution >= 4 is 0 Å². The molecule has 2 unspecified atom stereocenters. The Hall–Kier alpha value is 0. The predicted molar refractivity (Wildman–Crippen MR) is 61.7 cm³/mol. The molecule has 0 fully saturated rings. The molecule has 0 saturated carbocycles. The summed E-state index contributed by atoms with van der Waals surface area (Å²) in [5.74, 6) is 1.75. The Balaban J connectivity index is 3.47. The summed E-state index contributed by atoms with van der Waals surface area (Å²) in [5, 5.41) is 0. The van der Waals surface area contributed by atoms with Crippen LogP contribution in [0.3, 0.4) is 0 Å². The molecule has 0 aliphatic heterocycles. The standard InChI is InChI=1S/C13H27/c1-5-8-9-10-11-13(7-3)12(4)6-2/h12-13H,2,5-11H2,1,3-4H3. The third kappa shape index (κ3) is 6.12. The molecule has 0 nitrogen and oxygen atoms in total. The SMILES string of the molecule is [CH2]CC(C)C(CC)CCCCCC. The third-order valence-electron chi connectivity index (χ3n) is 3.21. The van der Waals surface area contributed by atoms with E-state index in [-0.39, 0.29) is 0 Å². The van der Waals surface area contributed by atoms with Gasteiger partial charge in [0.1, 0.15) is 0 Å². The molecule has 0 bridgehead atoms. The molecule has 0 rings (SSSR count). The van der Waals surface area contributed by atoms with Crippen molar-refractivity contribution in [1.82, 2.24) is 0 Å². The molecular weight excluding hydrogens is 156 g/mol. The second kappa shape index (κ2) is 8.59. The van der Waals surface area contributed by atoms with E-state index in [9.17, 15) is 0 Å². The number of hydrogen-bond acceptors (Lipinski definition) is 0. The van der Waals surface area contributed by atoms with Crippen molar-refractivity contribution in [3.8, 4) is 0 Å². The summed E-state index contributed by atoms with van der Waals surface area (Å²) in [6, 6.07) is 0. The molecule has 0 amide bonds. The summed E-state index contributed by atoms with van der Waals surface area (Å²) in [7, 11) is 0. The van der Waals surface area contributed by atoms with Crippen molar-refractivity contribution in [1.29, 1.82) is 0 Å². The van der Waals surface area contributed by atoms with Crippen molar-refractivity contribution < 1.29 is 0 Å². The lowest BCUT2D eigenvalue weighted by Gasteiger charge is -2.21. The monoisotopic (exact) mass is 183 g/mol. The highest BCUT2D eigenvalue weighted by Gasteiger charge is 2.12. The Labute approximate surface area is 85.1 Å². The summed E-state index contributed by atoms with van der Waals surface area (Å²) in [6.45, 7) is 10.9. The van der Waals surface area contributed by atoms with Gasteiger partial charge < -0.3 is 0 Å². The highest BCUT2D eigenvalue weighted by molar-refractivity contribution is 4.66. The summed E-state index contributed by atoms with van der Waals surface area (Å²) in [6.07, 6.45) is 9.48. The van der Waals surface area contributed by atoms with Crippen molar-refractivity contribution in [3.63, 3.8) is 0 Å². The van der Waals surface area contributed by atoms with Gasteiger partial charge in [0.05, 0.1) is 0 Å². The van der Waals surface area contributed by atoms with E-state index in [2.05, 4.69) is 27.7 Å². The minimum atomic E-state index is 0.826. The summed E-state index contributed by atoms with van der Waals surface area (Å²) in [4.78, 5) is 0. The van der Waals surface area contributed by atoms with Crippen molar-refractivity contribution in [2.45, 2.75) is 65.7 Å². The van der Waals surface area contributed by atoms with Crippen molar-refractivity contribution in [2.24, 2.45) is 11.8 Å². The van der Waals surface area contributed by atoms with Crippen LogP contribution in [0.1, 0.15) is 65.7 Å². The van der Waals surface area contributed by atoms with Crippen LogP contribution in [0.15, 0.2) is 0 Å². The summed E-state index contributed by atoms with van der Waals surface area (Å²) < 4.78 is 0. The first-order valence-electron chi connectivity index (χ1n) is 6.05. The number of hydrogen-bond donors (Lipinski definition) is 0. The molecule has 1 radical (unpaired) electrons. The van der Waals surface area contributed by atoms with Gasteiger partial charge in [-0.05, 0) is 11.8 Å². The fraction of sp³-hybridized carbons (Fsp3) is 0.923. The smallest absolute Gasteiger partial charge is 0.0391 e. The predicted octanol–water partition coefficient (Wildman–Crippen LogP) is 4.84. The van der Waals surface area contributed by atoms with Gasteiger partial charge in [-0.25, -0.2) is 0 Å². The molecule has 0 aromatic rings. The zero-order chi connectivity index (χ0) is 10.1. The van der Waals surface area contributed by atoms with Gasteiger partial charge >= 0.3 is 0 Å². The van der Waals surface area contributed by atoms with E-state index >= 15 is 0 Å². The fourth-order valence-corrected chi connectivity index (χ4v) is 1.96. The molecule has 0 aromatic carbocycles. The zero-order valence-corrected chi connectivity index (χ0v) is 9.81. The van der Waals surface area contributed by atoms with Crippen LogP contribution < -0.4 is 0 Å². The van der Waals surface area contributed by atoms with Gasteiger partial charge in [-0.15, -0.1) is 0 Å². The molecular formula is C13H27. The van der Waals surface area contributed by atoms with Crippen molar-refractivity contribution in [2.75, 3.05) is 0 Å². The molecule has 0 heterocycles. The summed E-state index contributed by atoms with van der Waals surface area (Å²) >= 11 is 0. The minimum absolute atomic E-state index is 0.826. The van der Waals surface area contributed by atoms with E-state index < -0.39 is 0 Å². The average Bonchev–Trinajstić information content (AvgIpc) is 2.17. The van der Waals surface area contributed by atoms with Crippen LogP contribution in [0.5, 0.6) is 0 Å². The fourth-order valence-electron chi connectivity index (χ4n) is 1.96. The molecule has 0 saturated heterocycles. The highest BCUT2D eigenvalue weighted by atomic mass is 14.2. The molecule has 0 N–H and O–H groups in total. The summed E-state index contributed by atoms with van der Waals surface area (Å²) in [5.41, 5.74) is 0. The molecule has 0 aliphatic carbocycles. The van der Waals surface area contributed by atoms with Gasteiger partial charge in [0.25, 0.3) is 0 Å². The van der Waals surface area contributed by atoms with Gasteiger partial charge in [0.2, 0.25) is 0 Å². The van der Waals surface area contributed by atoms with Crippen LogP contribution >= 0.6 is 0 Å². The van der Waals surface area contributed by atoms with E-state index in [0.29, 0.717) is 0 Å². The van der Waals surface area contributed by atoms with Crippen LogP contribution in [0.4, 0.5) is 0 Å². The zero-order valence-electron chi connectivity index (χ0n) is 9.81. The topological polar surface area (TPSA) is 0 Å². The van der Waals surface area contributed by atoms with Crippen LogP contribution in [0, 0.1) is 18.8 Å². The van der Waals surface area contributed by atoms with Gasteiger partial charge in [0, 0.05) is 0 Å². The number of rotatable bonds is 8. The maximum atomic E-state index is 4.00. The number of unbranched alkanes of at least 4 members (excludes halogenated alkanes) is 3. The van der Waals surface area contributed by atoms with E-state index in [4.69, 9.17) is 0 Å². The molecule has 0 aromatic heterocycles. The lowest BCUT2D eigenvalue weighted by atomic mass is 9.85. The Bertz CT molecular complexity index is 96.2. The first kappa shape index (κ1) is 13.0. The Morgan fingerprint density at radius 3 is 2.23 bits per heavy atom. The van der Waals surface area contributed by atoms with E-state index in [1.165, 1.54) is 38.5 Å². The van der Waals surface area contributed by atoms with Gasteiger partial charge in [-0.2, -0.15) is 0 Å². The van der Waals surface area contributed by atoms with Crippen molar-refractivity contribution in [3.05, 3.63) is 6.92 Å². The maximum absolute atomic E-state index is 4.00.